The molecule has 0 fully saturated rings. The summed E-state index contributed by atoms with van der Waals surface area (Å²) in [7, 11) is 3.43. The normalized spacial score (nSPS) is 11.2. The van der Waals surface area contributed by atoms with Crippen molar-refractivity contribution < 1.29 is 13.6 Å². The van der Waals surface area contributed by atoms with Crippen LogP contribution >= 0.6 is 11.3 Å². The van der Waals surface area contributed by atoms with E-state index in [1.165, 1.54) is 13.0 Å². The molecule has 0 saturated carbocycles. The minimum Gasteiger partial charge on any atom is -0.368 e. The highest BCUT2D eigenvalue weighted by atomic mass is 32.1. The molecule has 2 aromatic heterocycles. The third kappa shape index (κ3) is 4.78. The summed E-state index contributed by atoms with van der Waals surface area (Å²) >= 11 is 1.05. The van der Waals surface area contributed by atoms with Crippen molar-refractivity contribution in [3.05, 3.63) is 46.7 Å². The number of amides is 1. The summed E-state index contributed by atoms with van der Waals surface area (Å²) in [4.78, 5) is 31.2. The van der Waals surface area contributed by atoms with Crippen LogP contribution in [0.15, 0.2) is 23.6 Å². The number of halogens is 2. The van der Waals surface area contributed by atoms with Gasteiger partial charge >= 0.3 is 0 Å². The first kappa shape index (κ1) is 21.7. The predicted molar refractivity (Wildman–Crippen MR) is 113 cm³/mol. The lowest BCUT2D eigenvalue weighted by Gasteiger charge is -2.18. The van der Waals surface area contributed by atoms with Crippen molar-refractivity contribution in [3.63, 3.8) is 0 Å². The van der Waals surface area contributed by atoms with Gasteiger partial charge in [0.05, 0.1) is 17.0 Å². The summed E-state index contributed by atoms with van der Waals surface area (Å²) in [5.74, 6) is -1.91. The Morgan fingerprint density at radius 1 is 1.23 bits per heavy atom. The summed E-state index contributed by atoms with van der Waals surface area (Å²) < 4.78 is 27.5. The number of nitrogens with zero attached hydrogens (tertiary/aromatic N) is 7. The highest BCUT2D eigenvalue weighted by Gasteiger charge is 2.22. The number of nitrogen functional groups attached to an aromatic ring is 1. The van der Waals surface area contributed by atoms with E-state index in [4.69, 9.17) is 5.73 Å². The van der Waals surface area contributed by atoms with Crippen LogP contribution in [-0.2, 0) is 4.79 Å². The molecule has 3 rings (SSSR count). The molecule has 0 atom stereocenters. The van der Waals surface area contributed by atoms with Gasteiger partial charge in [-0.15, -0.1) is 11.3 Å². The van der Waals surface area contributed by atoms with E-state index in [9.17, 15) is 18.8 Å². The number of allylic oxidation sites excluding steroid dienone is 1. The van der Waals surface area contributed by atoms with Gasteiger partial charge in [0.1, 0.15) is 17.7 Å². The lowest BCUT2D eigenvalue weighted by molar-refractivity contribution is -0.115. The van der Waals surface area contributed by atoms with Crippen LogP contribution in [0.5, 0.6) is 0 Å². The standard InChI is InChI=1S/C19H16F2N8OS/c1-10(30)29(15-5-4-12(20)7-14(15)21)19-24-13(9-31-19)6-11(8-22)16-25-17(23)27-18(26-16)28(2)3/h4-7,9H,1-3H3,(H2,23,25,26,27)/b11-6+. The Kier molecular flexibility index (Phi) is 6.17. The number of nitrogens with two attached hydrogens (primary N) is 1. The molecule has 3 aromatic rings. The lowest BCUT2D eigenvalue weighted by atomic mass is 10.2. The van der Waals surface area contributed by atoms with Crippen LogP contribution in [0, 0.1) is 23.0 Å². The summed E-state index contributed by atoms with van der Waals surface area (Å²) in [6.07, 6.45) is 1.41. The van der Waals surface area contributed by atoms with Gasteiger partial charge in [-0.2, -0.15) is 20.2 Å². The summed E-state index contributed by atoms with van der Waals surface area (Å²) in [6.45, 7) is 1.23. The molecule has 9 nitrogen and oxygen atoms in total. The first-order valence-corrected chi connectivity index (χ1v) is 9.60. The zero-order chi connectivity index (χ0) is 22.7. The van der Waals surface area contributed by atoms with Gasteiger partial charge < -0.3 is 10.6 Å². The number of rotatable bonds is 5. The largest absolute Gasteiger partial charge is 0.368 e. The van der Waals surface area contributed by atoms with Crippen molar-refractivity contribution in [1.29, 1.82) is 5.26 Å². The van der Waals surface area contributed by atoms with E-state index >= 15 is 0 Å². The second-order valence-corrected chi connectivity index (χ2v) is 7.22. The fourth-order valence-corrected chi connectivity index (χ4v) is 3.35. The van der Waals surface area contributed by atoms with E-state index in [1.54, 1.807) is 24.4 Å². The van der Waals surface area contributed by atoms with E-state index in [1.807, 2.05) is 6.07 Å². The zero-order valence-electron chi connectivity index (χ0n) is 16.7. The maximum absolute atomic E-state index is 14.2. The van der Waals surface area contributed by atoms with E-state index < -0.39 is 17.5 Å². The number of anilines is 4. The number of carbonyl (C=O) groups excluding carboxylic acids is 1. The molecule has 2 N–H and O–H groups in total. The molecule has 0 unspecified atom stereocenters. The topological polar surface area (TPSA) is 125 Å². The third-order valence-electron chi connectivity index (χ3n) is 3.86. The number of hydrogen-bond acceptors (Lipinski definition) is 9. The molecular formula is C19H16F2N8OS. The van der Waals surface area contributed by atoms with Crippen LogP contribution in [0.1, 0.15) is 18.4 Å². The number of hydrogen-bond donors (Lipinski definition) is 1. The van der Waals surface area contributed by atoms with Crippen LogP contribution in [0.3, 0.4) is 0 Å². The summed E-state index contributed by atoms with van der Waals surface area (Å²) in [6, 6.07) is 4.87. The summed E-state index contributed by atoms with van der Waals surface area (Å²) in [5, 5.41) is 11.3. The molecule has 0 aliphatic rings. The minimum atomic E-state index is -0.905. The smallest absolute Gasteiger partial charge is 0.230 e. The average Bonchev–Trinajstić information content (AvgIpc) is 3.15. The highest BCUT2D eigenvalue weighted by molar-refractivity contribution is 7.14. The number of benzene rings is 1. The molecule has 0 saturated heterocycles. The van der Waals surface area contributed by atoms with Gasteiger partial charge in [-0.05, 0) is 18.2 Å². The molecule has 158 valence electrons. The average molecular weight is 442 g/mol. The van der Waals surface area contributed by atoms with Crippen LogP contribution in [0.2, 0.25) is 0 Å². The highest BCUT2D eigenvalue weighted by Crippen LogP contribution is 2.32. The van der Waals surface area contributed by atoms with E-state index in [-0.39, 0.29) is 34.1 Å². The van der Waals surface area contributed by atoms with Crippen molar-refractivity contribution in [1.82, 2.24) is 19.9 Å². The Labute approximate surface area is 180 Å². The minimum absolute atomic E-state index is 0.0524. The zero-order valence-corrected chi connectivity index (χ0v) is 17.5. The quantitative estimate of drug-likeness (QED) is 0.598. The number of carbonyl (C=O) groups is 1. The maximum Gasteiger partial charge on any atom is 0.230 e. The van der Waals surface area contributed by atoms with Crippen molar-refractivity contribution in [2.24, 2.45) is 0 Å². The fraction of sp³-hybridized carbons (Fsp3) is 0.158. The fourth-order valence-electron chi connectivity index (χ4n) is 2.51. The number of nitriles is 1. The second-order valence-electron chi connectivity index (χ2n) is 6.39. The Morgan fingerprint density at radius 2 is 1.97 bits per heavy atom. The molecule has 0 radical (unpaired) electrons. The van der Waals surface area contributed by atoms with Crippen LogP contribution in [-0.4, -0.2) is 39.9 Å². The Hall–Kier alpha value is -3.98. The lowest BCUT2D eigenvalue weighted by Crippen LogP contribution is -2.23. The number of thiazole rings is 1. The van der Waals surface area contributed by atoms with Crippen molar-refractivity contribution >= 4 is 51.6 Å². The predicted octanol–water partition coefficient (Wildman–Crippen LogP) is 3.00. The van der Waals surface area contributed by atoms with Crippen molar-refractivity contribution in [3.8, 4) is 6.07 Å². The van der Waals surface area contributed by atoms with Crippen molar-refractivity contribution in [2.75, 3.05) is 29.6 Å². The van der Waals surface area contributed by atoms with Crippen LogP contribution in [0.25, 0.3) is 11.6 Å². The summed E-state index contributed by atoms with van der Waals surface area (Å²) in [5.41, 5.74) is 5.95. The van der Waals surface area contributed by atoms with Crippen LogP contribution < -0.4 is 15.5 Å². The Morgan fingerprint density at radius 3 is 2.58 bits per heavy atom. The molecule has 0 spiro atoms. The SMILES string of the molecule is CC(=O)N(c1nc(/C=C(\C#N)c2nc(N)nc(N(C)C)n2)cs1)c1ccc(F)cc1F. The third-order valence-corrected chi connectivity index (χ3v) is 4.71. The maximum atomic E-state index is 14.2. The second kappa shape index (κ2) is 8.80. The molecular weight excluding hydrogens is 426 g/mol. The molecule has 1 aromatic carbocycles. The van der Waals surface area contributed by atoms with Gasteiger partial charge in [-0.1, -0.05) is 0 Å². The van der Waals surface area contributed by atoms with Gasteiger partial charge in [0, 0.05) is 32.5 Å². The van der Waals surface area contributed by atoms with Crippen molar-refractivity contribution in [2.45, 2.75) is 6.92 Å². The molecule has 0 aliphatic heterocycles. The Balaban J connectivity index is 2.01. The molecule has 12 heteroatoms. The number of aromatic nitrogens is 4. The van der Waals surface area contributed by atoms with Gasteiger partial charge in [-0.25, -0.2) is 13.8 Å². The van der Waals surface area contributed by atoms with Gasteiger partial charge in [0.15, 0.2) is 11.0 Å². The molecule has 0 bridgehead atoms. The molecule has 31 heavy (non-hydrogen) atoms. The molecule has 0 aliphatic carbocycles. The molecule has 1 amide bonds. The van der Waals surface area contributed by atoms with Crippen LogP contribution in [0.4, 0.5) is 31.5 Å². The van der Waals surface area contributed by atoms with Gasteiger partial charge in [0.2, 0.25) is 17.8 Å². The monoisotopic (exact) mass is 442 g/mol. The van der Waals surface area contributed by atoms with Gasteiger partial charge in [0.25, 0.3) is 0 Å². The first-order valence-electron chi connectivity index (χ1n) is 8.72. The Bertz CT molecular complexity index is 1220. The first-order chi connectivity index (χ1) is 14.7. The van der Waals surface area contributed by atoms with E-state index in [2.05, 4.69) is 19.9 Å². The van der Waals surface area contributed by atoms with Gasteiger partial charge in [-0.3, -0.25) is 9.69 Å². The molecule has 2 heterocycles. The van der Waals surface area contributed by atoms with E-state index in [0.717, 1.165) is 28.4 Å². The van der Waals surface area contributed by atoms with E-state index in [0.29, 0.717) is 11.8 Å².